The van der Waals surface area contributed by atoms with E-state index in [1.54, 1.807) is 0 Å². The Balaban J connectivity index is 2.04. The lowest BCUT2D eigenvalue weighted by Crippen LogP contribution is -2.14. The number of carbonyl (C=O) groups excluding carboxylic acids is 1. The molecule has 0 saturated heterocycles. The van der Waals surface area contributed by atoms with E-state index in [4.69, 9.17) is 4.74 Å². The van der Waals surface area contributed by atoms with Crippen molar-refractivity contribution < 1.29 is 14.6 Å². The van der Waals surface area contributed by atoms with Gasteiger partial charge in [0.15, 0.2) is 0 Å². The highest BCUT2D eigenvalue weighted by Crippen LogP contribution is 2.36. The number of esters is 1. The van der Waals surface area contributed by atoms with Crippen molar-refractivity contribution in [2.24, 2.45) is 0 Å². The molecule has 0 unspecified atom stereocenters. The number of ether oxygens (including phenoxy) is 1. The first-order valence-corrected chi connectivity index (χ1v) is 15.2. The van der Waals surface area contributed by atoms with Crippen LogP contribution in [0.4, 0.5) is 0 Å². The fraction of sp³-hybridized carbons (Fsp3) is 0.788. The minimum atomic E-state index is -0.134. The van der Waals surface area contributed by atoms with Crippen LogP contribution in [0.2, 0.25) is 0 Å². The van der Waals surface area contributed by atoms with Gasteiger partial charge in [0.2, 0.25) is 0 Å². The third kappa shape index (κ3) is 13.7. The van der Waals surface area contributed by atoms with Crippen LogP contribution in [0.3, 0.4) is 0 Å². The van der Waals surface area contributed by atoms with Gasteiger partial charge in [0.05, 0.1) is 6.61 Å². The molecular weight excluding hydrogens is 444 g/mol. The molecule has 0 saturated carbocycles. The summed E-state index contributed by atoms with van der Waals surface area (Å²) in [6.45, 7) is 13.1. The standard InChI is InChI=1S/C33H58O3/c1-7-8-9-10-11-12-13-14-15-16-17-18-19-20-21-22-25-36-31(34)24-23-29-26-30(33(4,5)6)32(35)28(3)27(29)2/h26,35H,7-25H2,1-6H3. The predicted octanol–water partition coefficient (Wildman–Crippen LogP) is 10.0. The van der Waals surface area contributed by atoms with Crippen molar-refractivity contribution in [3.05, 3.63) is 28.3 Å². The van der Waals surface area contributed by atoms with Gasteiger partial charge in [-0.15, -0.1) is 0 Å². The molecule has 3 nitrogen and oxygen atoms in total. The Kier molecular flexibility index (Phi) is 16.9. The molecule has 0 bridgehead atoms. The zero-order valence-corrected chi connectivity index (χ0v) is 24.8. The molecule has 0 spiro atoms. The number of unbranched alkanes of at least 4 members (excludes halogenated alkanes) is 15. The van der Waals surface area contributed by atoms with Gasteiger partial charge in [-0.1, -0.05) is 130 Å². The summed E-state index contributed by atoms with van der Waals surface area (Å²) >= 11 is 0. The number of aryl methyl sites for hydroxylation is 1. The number of hydrogen-bond donors (Lipinski definition) is 1. The van der Waals surface area contributed by atoms with Gasteiger partial charge < -0.3 is 9.84 Å². The minimum absolute atomic E-state index is 0.113. The van der Waals surface area contributed by atoms with Crippen molar-refractivity contribution >= 4 is 5.97 Å². The molecule has 1 N–H and O–H groups in total. The van der Waals surface area contributed by atoms with Crippen molar-refractivity contribution in [2.75, 3.05) is 6.61 Å². The number of hydrogen-bond acceptors (Lipinski definition) is 3. The van der Waals surface area contributed by atoms with Crippen molar-refractivity contribution in [2.45, 2.75) is 163 Å². The molecule has 1 rings (SSSR count). The van der Waals surface area contributed by atoms with Crippen LogP contribution in [0.1, 0.15) is 159 Å². The topological polar surface area (TPSA) is 46.5 Å². The summed E-state index contributed by atoms with van der Waals surface area (Å²) in [7, 11) is 0. The van der Waals surface area contributed by atoms with E-state index in [1.165, 1.54) is 89.9 Å². The monoisotopic (exact) mass is 502 g/mol. The Morgan fingerprint density at radius 2 is 1.19 bits per heavy atom. The quantitative estimate of drug-likeness (QED) is 0.142. The summed E-state index contributed by atoms with van der Waals surface area (Å²) in [4.78, 5) is 12.3. The van der Waals surface area contributed by atoms with E-state index < -0.39 is 0 Å². The Bertz CT molecular complexity index is 729. The van der Waals surface area contributed by atoms with E-state index in [9.17, 15) is 9.90 Å². The molecule has 36 heavy (non-hydrogen) atoms. The zero-order chi connectivity index (χ0) is 26.8. The van der Waals surface area contributed by atoms with E-state index in [0.29, 0.717) is 25.2 Å². The Morgan fingerprint density at radius 3 is 1.64 bits per heavy atom. The fourth-order valence-electron chi connectivity index (χ4n) is 4.95. The van der Waals surface area contributed by atoms with E-state index in [1.807, 2.05) is 13.8 Å². The van der Waals surface area contributed by atoms with Crippen LogP contribution in [-0.2, 0) is 21.4 Å². The van der Waals surface area contributed by atoms with Gasteiger partial charge >= 0.3 is 5.97 Å². The van der Waals surface area contributed by atoms with Crippen LogP contribution in [0.5, 0.6) is 5.75 Å². The smallest absolute Gasteiger partial charge is 0.306 e. The maximum absolute atomic E-state index is 12.3. The first kappa shape index (κ1) is 32.5. The van der Waals surface area contributed by atoms with Crippen molar-refractivity contribution in [3.8, 4) is 5.75 Å². The lowest BCUT2D eigenvalue weighted by molar-refractivity contribution is -0.143. The number of carbonyl (C=O) groups is 1. The van der Waals surface area contributed by atoms with Crippen molar-refractivity contribution in [1.29, 1.82) is 0 Å². The van der Waals surface area contributed by atoms with E-state index in [-0.39, 0.29) is 11.4 Å². The summed E-state index contributed by atoms with van der Waals surface area (Å²) < 4.78 is 5.49. The highest BCUT2D eigenvalue weighted by molar-refractivity contribution is 5.70. The minimum Gasteiger partial charge on any atom is -0.507 e. The second-order valence-corrected chi connectivity index (χ2v) is 12.0. The van der Waals surface area contributed by atoms with Gasteiger partial charge in [-0.05, 0) is 54.4 Å². The average Bonchev–Trinajstić information content (AvgIpc) is 2.83. The molecular formula is C33H58O3. The van der Waals surface area contributed by atoms with Crippen LogP contribution in [0.25, 0.3) is 0 Å². The largest absolute Gasteiger partial charge is 0.507 e. The summed E-state index contributed by atoms with van der Waals surface area (Å²) in [5, 5.41) is 10.5. The van der Waals surface area contributed by atoms with Gasteiger partial charge in [-0.2, -0.15) is 0 Å². The Morgan fingerprint density at radius 1 is 0.750 bits per heavy atom. The van der Waals surface area contributed by atoms with Gasteiger partial charge in [0, 0.05) is 6.42 Å². The molecule has 1 aromatic rings. The molecule has 0 aliphatic heterocycles. The number of benzene rings is 1. The molecule has 3 heteroatoms. The number of phenolic OH excluding ortho intramolecular Hbond substituents is 1. The summed E-state index contributed by atoms with van der Waals surface area (Å²) in [6.07, 6.45) is 22.6. The first-order valence-electron chi connectivity index (χ1n) is 15.2. The van der Waals surface area contributed by atoms with Gasteiger partial charge in [0.1, 0.15) is 5.75 Å². The second kappa shape index (κ2) is 18.7. The number of aromatic hydroxyl groups is 1. The highest BCUT2D eigenvalue weighted by atomic mass is 16.5. The van der Waals surface area contributed by atoms with Crippen molar-refractivity contribution in [1.82, 2.24) is 0 Å². The summed E-state index contributed by atoms with van der Waals surface area (Å²) in [5.74, 6) is 0.272. The Labute approximate surface area is 223 Å². The molecule has 0 amide bonds. The van der Waals surface area contributed by atoms with Crippen LogP contribution >= 0.6 is 0 Å². The molecule has 0 aromatic heterocycles. The maximum Gasteiger partial charge on any atom is 0.306 e. The van der Waals surface area contributed by atoms with Gasteiger partial charge in [-0.25, -0.2) is 0 Å². The number of rotatable bonds is 20. The highest BCUT2D eigenvalue weighted by Gasteiger charge is 2.22. The molecule has 208 valence electrons. The molecule has 0 atom stereocenters. The third-order valence-corrected chi connectivity index (χ3v) is 7.64. The zero-order valence-electron chi connectivity index (χ0n) is 24.8. The lowest BCUT2D eigenvalue weighted by atomic mass is 9.82. The summed E-state index contributed by atoms with van der Waals surface area (Å²) in [5.41, 5.74) is 3.94. The molecule has 0 aliphatic rings. The van der Waals surface area contributed by atoms with Crippen LogP contribution < -0.4 is 0 Å². The van der Waals surface area contributed by atoms with Crippen molar-refractivity contribution in [3.63, 3.8) is 0 Å². The molecule has 0 aliphatic carbocycles. The first-order chi connectivity index (χ1) is 17.2. The predicted molar refractivity (Wildman–Crippen MR) is 155 cm³/mol. The molecule has 0 radical (unpaired) electrons. The summed E-state index contributed by atoms with van der Waals surface area (Å²) in [6, 6.07) is 2.07. The van der Waals surface area contributed by atoms with E-state index in [2.05, 4.69) is 33.8 Å². The lowest BCUT2D eigenvalue weighted by Gasteiger charge is -2.24. The maximum atomic E-state index is 12.3. The fourth-order valence-corrected chi connectivity index (χ4v) is 4.95. The average molecular weight is 503 g/mol. The normalized spacial score (nSPS) is 11.7. The number of phenols is 1. The second-order valence-electron chi connectivity index (χ2n) is 12.0. The van der Waals surface area contributed by atoms with Gasteiger partial charge in [-0.3, -0.25) is 4.79 Å². The van der Waals surface area contributed by atoms with Gasteiger partial charge in [0.25, 0.3) is 0 Å². The van der Waals surface area contributed by atoms with E-state index in [0.717, 1.165) is 35.1 Å². The third-order valence-electron chi connectivity index (χ3n) is 7.64. The molecule has 0 heterocycles. The molecule has 0 fully saturated rings. The van der Waals surface area contributed by atoms with E-state index >= 15 is 0 Å². The van der Waals surface area contributed by atoms with Crippen LogP contribution in [-0.4, -0.2) is 17.7 Å². The van der Waals surface area contributed by atoms with Crippen LogP contribution in [0, 0.1) is 13.8 Å². The Hall–Kier alpha value is -1.51. The SMILES string of the molecule is CCCCCCCCCCCCCCCCCCOC(=O)CCc1cc(C(C)(C)C)c(O)c(C)c1C. The van der Waals surface area contributed by atoms with Crippen LogP contribution in [0.15, 0.2) is 6.07 Å². The molecule has 1 aromatic carbocycles.